The van der Waals surface area contributed by atoms with Gasteiger partial charge < -0.3 is 14.8 Å². The monoisotopic (exact) mass is 465 g/mol. The maximum absolute atomic E-state index is 13.0. The normalized spacial score (nSPS) is 12.2. The first-order valence-electron chi connectivity index (χ1n) is 10.7. The molecule has 0 aliphatic rings. The SMILES string of the molecule is CC[C@H](Sc1nc2cc(OC)c(OC)cc2c2nc(C)nn12)C(=O)NCc1ccc(C)cc1. The average molecular weight is 466 g/mol. The summed E-state index contributed by atoms with van der Waals surface area (Å²) < 4.78 is 12.6. The van der Waals surface area contributed by atoms with Crippen LogP contribution in [0.4, 0.5) is 0 Å². The molecular weight excluding hydrogens is 438 g/mol. The predicted octanol–water partition coefficient (Wildman–Crippen LogP) is 4.10. The van der Waals surface area contributed by atoms with Crippen LogP contribution in [0.25, 0.3) is 16.6 Å². The first kappa shape index (κ1) is 22.8. The highest BCUT2D eigenvalue weighted by Gasteiger charge is 2.23. The maximum Gasteiger partial charge on any atom is 0.233 e. The quantitative estimate of drug-likeness (QED) is 0.309. The highest BCUT2D eigenvalue weighted by molar-refractivity contribution is 8.00. The van der Waals surface area contributed by atoms with E-state index in [1.54, 1.807) is 18.7 Å². The van der Waals surface area contributed by atoms with Gasteiger partial charge in [-0.1, -0.05) is 48.5 Å². The fourth-order valence-corrected chi connectivity index (χ4v) is 4.54. The Bertz CT molecular complexity index is 1300. The van der Waals surface area contributed by atoms with Gasteiger partial charge in [0.25, 0.3) is 0 Å². The van der Waals surface area contributed by atoms with E-state index in [4.69, 9.17) is 14.5 Å². The van der Waals surface area contributed by atoms with E-state index < -0.39 is 0 Å². The zero-order valence-electron chi connectivity index (χ0n) is 19.4. The molecule has 0 bridgehead atoms. The van der Waals surface area contributed by atoms with Gasteiger partial charge in [-0.15, -0.1) is 5.10 Å². The third-order valence-electron chi connectivity index (χ3n) is 5.35. The number of carbonyl (C=O) groups excluding carboxylic acids is 1. The second-order valence-electron chi connectivity index (χ2n) is 7.73. The third kappa shape index (κ3) is 4.73. The number of hydrogen-bond acceptors (Lipinski definition) is 7. The van der Waals surface area contributed by atoms with Gasteiger partial charge in [0.15, 0.2) is 22.3 Å². The zero-order chi connectivity index (χ0) is 23.5. The van der Waals surface area contributed by atoms with E-state index in [0.717, 1.165) is 10.9 Å². The van der Waals surface area contributed by atoms with E-state index in [-0.39, 0.29) is 11.2 Å². The van der Waals surface area contributed by atoms with E-state index in [0.29, 0.717) is 46.6 Å². The molecule has 0 fully saturated rings. The molecule has 0 unspecified atom stereocenters. The Morgan fingerprint density at radius 3 is 2.45 bits per heavy atom. The summed E-state index contributed by atoms with van der Waals surface area (Å²) in [5, 5.41) is 8.65. The minimum Gasteiger partial charge on any atom is -0.493 e. The molecular formula is C24H27N5O3S. The van der Waals surface area contributed by atoms with Crippen molar-refractivity contribution < 1.29 is 14.3 Å². The number of benzene rings is 2. The van der Waals surface area contributed by atoms with Crippen LogP contribution in [0.3, 0.4) is 0 Å². The standard InChI is InChI=1S/C24H27N5O3S/c1-6-21(23(30)25-13-16-9-7-14(2)8-10-16)33-24-27-18-12-20(32-5)19(31-4)11-17(18)22-26-15(3)28-29(22)24/h7-12,21H,6,13H2,1-5H3,(H,25,30)/t21-/m0/s1. The van der Waals surface area contributed by atoms with Crippen LogP contribution in [0.15, 0.2) is 41.6 Å². The van der Waals surface area contributed by atoms with Crippen LogP contribution in [0.2, 0.25) is 0 Å². The number of rotatable bonds is 8. The molecule has 4 rings (SSSR count). The number of methoxy groups -OCH3 is 2. The molecule has 4 aromatic rings. The Hall–Kier alpha value is -3.33. The van der Waals surface area contributed by atoms with Crippen molar-refractivity contribution in [3.63, 3.8) is 0 Å². The molecule has 0 aliphatic carbocycles. The number of fused-ring (bicyclic) bond motifs is 3. The number of aryl methyl sites for hydroxylation is 2. The summed E-state index contributed by atoms with van der Waals surface area (Å²) in [5.74, 6) is 1.76. The molecule has 1 atom stereocenters. The third-order valence-corrected chi connectivity index (χ3v) is 6.66. The lowest BCUT2D eigenvalue weighted by molar-refractivity contribution is -0.120. The van der Waals surface area contributed by atoms with Gasteiger partial charge in [-0.2, -0.15) is 4.52 Å². The van der Waals surface area contributed by atoms with E-state index in [2.05, 4.69) is 15.4 Å². The van der Waals surface area contributed by atoms with Crippen LogP contribution in [0.1, 0.15) is 30.3 Å². The molecule has 172 valence electrons. The summed E-state index contributed by atoms with van der Waals surface area (Å²) >= 11 is 1.38. The largest absolute Gasteiger partial charge is 0.493 e. The first-order chi connectivity index (χ1) is 15.9. The average Bonchev–Trinajstić information content (AvgIpc) is 3.22. The smallest absolute Gasteiger partial charge is 0.233 e. The Morgan fingerprint density at radius 1 is 1.09 bits per heavy atom. The maximum atomic E-state index is 13.0. The Balaban J connectivity index is 1.65. The molecule has 9 heteroatoms. The Labute approximate surface area is 196 Å². The molecule has 0 saturated heterocycles. The molecule has 1 amide bonds. The highest BCUT2D eigenvalue weighted by Crippen LogP contribution is 2.35. The molecule has 1 N–H and O–H groups in total. The van der Waals surface area contributed by atoms with Gasteiger partial charge in [0.1, 0.15) is 5.82 Å². The van der Waals surface area contributed by atoms with Gasteiger partial charge in [-0.25, -0.2) is 9.97 Å². The molecule has 0 radical (unpaired) electrons. The topological polar surface area (TPSA) is 90.6 Å². The molecule has 2 heterocycles. The molecule has 0 saturated carbocycles. The number of amides is 1. The van der Waals surface area contributed by atoms with Gasteiger partial charge in [0, 0.05) is 18.0 Å². The van der Waals surface area contributed by atoms with Gasteiger partial charge in [-0.3, -0.25) is 4.79 Å². The molecule has 0 spiro atoms. The van der Waals surface area contributed by atoms with Crippen LogP contribution in [0.5, 0.6) is 11.5 Å². The van der Waals surface area contributed by atoms with Crippen LogP contribution in [0, 0.1) is 13.8 Å². The lowest BCUT2D eigenvalue weighted by atomic mass is 10.1. The number of hydrogen-bond donors (Lipinski definition) is 1. The number of carbonyl (C=O) groups is 1. The summed E-state index contributed by atoms with van der Waals surface area (Å²) in [6.07, 6.45) is 0.644. The van der Waals surface area contributed by atoms with Crippen LogP contribution < -0.4 is 14.8 Å². The fourth-order valence-electron chi connectivity index (χ4n) is 3.55. The summed E-state index contributed by atoms with van der Waals surface area (Å²) in [7, 11) is 3.18. The lowest BCUT2D eigenvalue weighted by Crippen LogP contribution is -2.32. The van der Waals surface area contributed by atoms with Crippen molar-refractivity contribution in [2.75, 3.05) is 14.2 Å². The summed E-state index contributed by atoms with van der Waals surface area (Å²) in [4.78, 5) is 22.4. The van der Waals surface area contributed by atoms with Crippen molar-refractivity contribution in [3.05, 3.63) is 53.3 Å². The van der Waals surface area contributed by atoms with E-state index in [1.807, 2.05) is 57.2 Å². The summed E-state index contributed by atoms with van der Waals surface area (Å²) in [5.41, 5.74) is 3.62. The number of nitrogens with zero attached hydrogens (tertiary/aromatic N) is 4. The fraction of sp³-hybridized carbons (Fsp3) is 0.333. The second kappa shape index (κ2) is 9.66. The number of thioether (sulfide) groups is 1. The lowest BCUT2D eigenvalue weighted by Gasteiger charge is -2.16. The summed E-state index contributed by atoms with van der Waals surface area (Å²) in [6.45, 7) is 6.35. The van der Waals surface area contributed by atoms with Crippen molar-refractivity contribution in [1.82, 2.24) is 24.9 Å². The van der Waals surface area contributed by atoms with Crippen LogP contribution in [-0.4, -0.2) is 45.0 Å². The van der Waals surface area contributed by atoms with Crippen LogP contribution >= 0.6 is 11.8 Å². The van der Waals surface area contributed by atoms with Crippen molar-refractivity contribution in [2.24, 2.45) is 0 Å². The Kier molecular flexibility index (Phi) is 6.69. The molecule has 2 aromatic carbocycles. The number of ether oxygens (including phenoxy) is 2. The molecule has 33 heavy (non-hydrogen) atoms. The first-order valence-corrected chi connectivity index (χ1v) is 11.6. The minimum atomic E-state index is -0.326. The number of nitrogens with one attached hydrogen (secondary N) is 1. The van der Waals surface area contributed by atoms with Crippen molar-refractivity contribution in [1.29, 1.82) is 0 Å². The second-order valence-corrected chi connectivity index (χ2v) is 8.90. The van der Waals surface area contributed by atoms with Gasteiger partial charge >= 0.3 is 0 Å². The molecule has 2 aromatic heterocycles. The van der Waals surface area contributed by atoms with E-state index in [9.17, 15) is 4.79 Å². The van der Waals surface area contributed by atoms with Gasteiger partial charge in [-0.05, 0) is 31.9 Å². The zero-order valence-corrected chi connectivity index (χ0v) is 20.2. The number of aromatic nitrogens is 4. The predicted molar refractivity (Wildman–Crippen MR) is 129 cm³/mol. The van der Waals surface area contributed by atoms with Crippen LogP contribution in [-0.2, 0) is 11.3 Å². The van der Waals surface area contributed by atoms with E-state index >= 15 is 0 Å². The van der Waals surface area contributed by atoms with Crippen molar-refractivity contribution in [2.45, 2.75) is 44.1 Å². The highest BCUT2D eigenvalue weighted by atomic mass is 32.2. The van der Waals surface area contributed by atoms with Gasteiger partial charge in [0.2, 0.25) is 5.91 Å². The van der Waals surface area contributed by atoms with Gasteiger partial charge in [0.05, 0.1) is 25.0 Å². The minimum absolute atomic E-state index is 0.0396. The van der Waals surface area contributed by atoms with Crippen molar-refractivity contribution >= 4 is 34.2 Å². The van der Waals surface area contributed by atoms with Crippen molar-refractivity contribution in [3.8, 4) is 11.5 Å². The molecule has 0 aliphatic heterocycles. The van der Waals surface area contributed by atoms with E-state index in [1.165, 1.54) is 17.3 Å². The Morgan fingerprint density at radius 2 is 1.79 bits per heavy atom. The summed E-state index contributed by atoms with van der Waals surface area (Å²) in [6, 6.07) is 11.8. The molecule has 8 nitrogen and oxygen atoms in total.